The summed E-state index contributed by atoms with van der Waals surface area (Å²) < 4.78 is 0. The van der Waals surface area contributed by atoms with Gasteiger partial charge in [0.15, 0.2) is 0 Å². The van der Waals surface area contributed by atoms with Crippen LogP contribution in [0.1, 0.15) is 39.2 Å². The van der Waals surface area contributed by atoms with Gasteiger partial charge in [0.1, 0.15) is 0 Å². The monoisotopic (exact) mass is 206 g/mol. The van der Waals surface area contributed by atoms with Gasteiger partial charge in [0.25, 0.3) is 0 Å². The van der Waals surface area contributed by atoms with E-state index in [2.05, 4.69) is 49.3 Å². The third-order valence-corrected chi connectivity index (χ3v) is 2.61. The normalized spacial score (nSPS) is 13.1. The van der Waals surface area contributed by atoms with Crippen LogP contribution in [0.3, 0.4) is 0 Å². The maximum Gasteiger partial charge on any atom is 0.0874 e. The maximum absolute atomic E-state index is 3.34. The van der Waals surface area contributed by atoms with E-state index in [1.807, 2.05) is 13.8 Å². The van der Waals surface area contributed by atoms with E-state index < -0.39 is 0 Å². The molecule has 15 heavy (non-hydrogen) atoms. The molecule has 1 N–H and O–H groups in total. The van der Waals surface area contributed by atoms with Crippen LogP contribution >= 0.6 is 0 Å². The Bertz CT molecular complexity index is 318. The zero-order valence-corrected chi connectivity index (χ0v) is 10.5. The van der Waals surface area contributed by atoms with E-state index in [-0.39, 0.29) is 0 Å². The Labute approximate surface area is 93.3 Å². The van der Waals surface area contributed by atoms with Crippen LogP contribution in [-0.2, 0) is 0 Å². The van der Waals surface area contributed by atoms with E-state index in [0.717, 1.165) is 6.67 Å². The van der Waals surface area contributed by atoms with E-state index in [1.165, 1.54) is 16.9 Å². The summed E-state index contributed by atoms with van der Waals surface area (Å²) in [5.74, 6) is 0.610. The predicted molar refractivity (Wildman–Crippen MR) is 68.8 cm³/mol. The lowest BCUT2D eigenvalue weighted by Gasteiger charge is -2.12. The Balaban J connectivity index is 0.000000531. The summed E-state index contributed by atoms with van der Waals surface area (Å²) in [5.41, 5.74) is 3.99. The molecule has 0 spiro atoms. The van der Waals surface area contributed by atoms with Crippen molar-refractivity contribution >= 4 is 11.4 Å². The third kappa shape index (κ3) is 2.44. The molecule has 2 nitrogen and oxygen atoms in total. The summed E-state index contributed by atoms with van der Waals surface area (Å²) in [6.45, 7) is 9.38. The molecule has 1 heterocycles. The fourth-order valence-electron chi connectivity index (χ4n) is 1.66. The molecule has 1 aliphatic rings. The molecule has 84 valence electrons. The van der Waals surface area contributed by atoms with Gasteiger partial charge in [-0.3, -0.25) is 0 Å². The average Bonchev–Trinajstić information content (AvgIpc) is 2.63. The summed E-state index contributed by atoms with van der Waals surface area (Å²) in [4.78, 5) is 2.24. The second-order valence-electron chi connectivity index (χ2n) is 3.96. The van der Waals surface area contributed by atoms with Gasteiger partial charge < -0.3 is 10.2 Å². The Morgan fingerprint density at radius 3 is 2.53 bits per heavy atom. The first-order chi connectivity index (χ1) is 7.18. The highest BCUT2D eigenvalue weighted by Gasteiger charge is 2.15. The highest BCUT2D eigenvalue weighted by molar-refractivity contribution is 5.75. The predicted octanol–water partition coefficient (Wildman–Crippen LogP) is 3.66. The number of rotatable bonds is 1. The van der Waals surface area contributed by atoms with Crippen molar-refractivity contribution < 1.29 is 0 Å². The first-order valence-corrected chi connectivity index (χ1v) is 5.77. The minimum Gasteiger partial charge on any atom is -0.366 e. The lowest BCUT2D eigenvalue weighted by Crippen LogP contribution is -2.15. The van der Waals surface area contributed by atoms with Gasteiger partial charge in [-0.2, -0.15) is 0 Å². The van der Waals surface area contributed by atoms with E-state index in [4.69, 9.17) is 0 Å². The summed E-state index contributed by atoms with van der Waals surface area (Å²) in [5, 5.41) is 3.34. The number of hydrogen-bond acceptors (Lipinski definition) is 2. The molecule has 1 aromatic carbocycles. The van der Waals surface area contributed by atoms with Gasteiger partial charge in [-0.1, -0.05) is 33.8 Å². The van der Waals surface area contributed by atoms with Gasteiger partial charge in [-0.15, -0.1) is 0 Å². The van der Waals surface area contributed by atoms with Crippen molar-refractivity contribution in [2.75, 3.05) is 23.9 Å². The molecular formula is C13H22N2. The number of anilines is 2. The first kappa shape index (κ1) is 11.9. The lowest BCUT2D eigenvalue weighted by atomic mass is 10.0. The van der Waals surface area contributed by atoms with Crippen molar-refractivity contribution in [1.82, 2.24) is 0 Å². The van der Waals surface area contributed by atoms with E-state index >= 15 is 0 Å². The van der Waals surface area contributed by atoms with Crippen molar-refractivity contribution in [3.05, 3.63) is 23.8 Å². The molecule has 0 fully saturated rings. The molecule has 2 rings (SSSR count). The molecule has 2 heteroatoms. The number of fused-ring (bicyclic) bond motifs is 1. The summed E-state index contributed by atoms with van der Waals surface area (Å²) in [6, 6.07) is 6.66. The van der Waals surface area contributed by atoms with Crippen molar-refractivity contribution in [2.45, 2.75) is 33.6 Å². The maximum atomic E-state index is 3.34. The van der Waals surface area contributed by atoms with Gasteiger partial charge in [0.2, 0.25) is 0 Å². The van der Waals surface area contributed by atoms with Crippen LogP contribution in [0.15, 0.2) is 18.2 Å². The lowest BCUT2D eigenvalue weighted by molar-refractivity contribution is 0.866. The zero-order chi connectivity index (χ0) is 11.4. The standard InChI is InChI=1S/C11H16N2.C2H6/c1-8(2)9-4-5-10-11(6-9)13(3)7-12-10;1-2/h4-6,8,12H,7H2,1-3H3;1-2H3. The molecule has 0 bridgehead atoms. The number of nitrogens with one attached hydrogen (secondary N) is 1. The van der Waals surface area contributed by atoms with E-state index in [1.54, 1.807) is 0 Å². The second kappa shape index (κ2) is 5.06. The molecule has 0 aliphatic carbocycles. The molecule has 0 aromatic heterocycles. The average molecular weight is 206 g/mol. The second-order valence-corrected chi connectivity index (χ2v) is 3.96. The molecule has 0 saturated carbocycles. The van der Waals surface area contributed by atoms with Crippen LogP contribution in [0, 0.1) is 0 Å². The molecule has 0 saturated heterocycles. The Morgan fingerprint density at radius 2 is 1.93 bits per heavy atom. The zero-order valence-electron chi connectivity index (χ0n) is 10.5. The van der Waals surface area contributed by atoms with Crippen LogP contribution in [-0.4, -0.2) is 13.7 Å². The van der Waals surface area contributed by atoms with Gasteiger partial charge in [0, 0.05) is 7.05 Å². The fourth-order valence-corrected chi connectivity index (χ4v) is 1.66. The Kier molecular flexibility index (Phi) is 4.01. The minimum absolute atomic E-state index is 0.610. The fraction of sp³-hybridized carbons (Fsp3) is 0.538. The molecule has 0 radical (unpaired) electrons. The van der Waals surface area contributed by atoms with Crippen LogP contribution in [0.25, 0.3) is 0 Å². The highest BCUT2D eigenvalue weighted by atomic mass is 15.3. The molecule has 1 aromatic rings. The Hall–Kier alpha value is -1.18. The Morgan fingerprint density at radius 1 is 1.27 bits per heavy atom. The van der Waals surface area contributed by atoms with Crippen LogP contribution in [0.4, 0.5) is 11.4 Å². The largest absolute Gasteiger partial charge is 0.366 e. The van der Waals surface area contributed by atoms with Gasteiger partial charge in [0.05, 0.1) is 18.0 Å². The van der Waals surface area contributed by atoms with Crippen molar-refractivity contribution in [3.8, 4) is 0 Å². The van der Waals surface area contributed by atoms with Crippen LogP contribution in [0.2, 0.25) is 0 Å². The molecular weight excluding hydrogens is 184 g/mol. The van der Waals surface area contributed by atoms with Gasteiger partial charge in [-0.25, -0.2) is 0 Å². The third-order valence-electron chi connectivity index (χ3n) is 2.61. The van der Waals surface area contributed by atoms with Crippen molar-refractivity contribution in [3.63, 3.8) is 0 Å². The molecule has 0 atom stereocenters. The van der Waals surface area contributed by atoms with Gasteiger partial charge >= 0.3 is 0 Å². The summed E-state index contributed by atoms with van der Waals surface area (Å²) >= 11 is 0. The van der Waals surface area contributed by atoms with Crippen LogP contribution < -0.4 is 10.2 Å². The quantitative estimate of drug-likeness (QED) is 0.754. The molecule has 1 aliphatic heterocycles. The summed E-state index contributed by atoms with van der Waals surface area (Å²) in [7, 11) is 2.11. The van der Waals surface area contributed by atoms with Crippen LogP contribution in [0.5, 0.6) is 0 Å². The number of nitrogens with zero attached hydrogens (tertiary/aromatic N) is 1. The smallest absolute Gasteiger partial charge is 0.0874 e. The summed E-state index contributed by atoms with van der Waals surface area (Å²) in [6.07, 6.45) is 0. The van der Waals surface area contributed by atoms with E-state index in [9.17, 15) is 0 Å². The van der Waals surface area contributed by atoms with Crippen molar-refractivity contribution in [2.24, 2.45) is 0 Å². The van der Waals surface area contributed by atoms with Gasteiger partial charge in [-0.05, 0) is 23.6 Å². The minimum atomic E-state index is 0.610. The molecule has 0 amide bonds. The highest BCUT2D eigenvalue weighted by Crippen LogP contribution is 2.32. The SMILES string of the molecule is CC.CC(C)c1ccc2c(c1)N(C)CN2. The number of hydrogen-bond donors (Lipinski definition) is 1. The van der Waals surface area contributed by atoms with Crippen molar-refractivity contribution in [1.29, 1.82) is 0 Å². The van der Waals surface area contributed by atoms with E-state index in [0.29, 0.717) is 5.92 Å². The topological polar surface area (TPSA) is 15.3 Å². The first-order valence-electron chi connectivity index (χ1n) is 5.77. The number of benzene rings is 1. The molecule has 0 unspecified atom stereocenters.